The van der Waals surface area contributed by atoms with Crippen LogP contribution in [0.25, 0.3) is 0 Å². The average Bonchev–Trinajstić information content (AvgIpc) is 2.15. The molecule has 0 bridgehead atoms. The molecular formula is C6H14BrFNO4P. The lowest BCUT2D eigenvalue weighted by Gasteiger charge is -2.16. The van der Waals surface area contributed by atoms with Gasteiger partial charge < -0.3 is 0 Å². The largest absolute Gasteiger partial charge is 0.432 e. The predicted octanol–water partition coefficient (Wildman–Crippen LogP) is 2.38. The molecule has 8 heteroatoms. The highest BCUT2D eigenvalue weighted by molar-refractivity contribution is 9.09. The molecule has 2 unspecified atom stereocenters. The zero-order chi connectivity index (χ0) is 11.0. The molecule has 0 aromatic heterocycles. The Bertz CT molecular complexity index is 187. The first-order chi connectivity index (χ1) is 6.58. The van der Waals surface area contributed by atoms with Gasteiger partial charge in [0.2, 0.25) is 6.36 Å². The normalized spacial score (nSPS) is 17.7. The van der Waals surface area contributed by atoms with Crippen molar-refractivity contribution in [3.8, 4) is 0 Å². The van der Waals surface area contributed by atoms with Crippen LogP contribution in [0.5, 0.6) is 0 Å². The van der Waals surface area contributed by atoms with Crippen LogP contribution in [-0.2, 0) is 18.7 Å². The van der Waals surface area contributed by atoms with Crippen molar-refractivity contribution in [2.75, 3.05) is 18.5 Å². The fourth-order valence-electron chi connectivity index (χ4n) is 0.586. The lowest BCUT2D eigenvalue weighted by molar-refractivity contribution is -0.280. The van der Waals surface area contributed by atoms with Crippen LogP contribution >= 0.6 is 23.7 Å². The van der Waals surface area contributed by atoms with Crippen molar-refractivity contribution in [3.63, 3.8) is 0 Å². The lowest BCUT2D eigenvalue weighted by atomic mass is 10.8. The molecule has 0 amide bonds. The van der Waals surface area contributed by atoms with E-state index in [9.17, 15) is 8.96 Å². The van der Waals surface area contributed by atoms with E-state index in [1.54, 1.807) is 13.8 Å². The summed E-state index contributed by atoms with van der Waals surface area (Å²) >= 11 is 2.83. The van der Waals surface area contributed by atoms with Gasteiger partial charge in [-0.2, -0.15) is 4.89 Å². The highest BCUT2D eigenvalue weighted by Crippen LogP contribution is 2.43. The van der Waals surface area contributed by atoms with Gasteiger partial charge in [-0.1, -0.05) is 22.9 Å². The van der Waals surface area contributed by atoms with Gasteiger partial charge in [-0.3, -0.25) is 4.52 Å². The van der Waals surface area contributed by atoms with Crippen molar-refractivity contribution < 1.29 is 23.0 Å². The molecule has 0 saturated heterocycles. The summed E-state index contributed by atoms with van der Waals surface area (Å²) in [4.78, 5) is 4.20. The monoisotopic (exact) mass is 293 g/mol. The topological polar surface area (TPSA) is 56.8 Å². The standard InChI is InChI=1S/C6H14BrFNO4P/c1-3-9-14(10,11-4-2)13-12-6(8)5-7/h6H,3-5H2,1-2H3,(H,9,10). The van der Waals surface area contributed by atoms with E-state index in [2.05, 4.69) is 30.6 Å². The summed E-state index contributed by atoms with van der Waals surface area (Å²) in [5, 5.41) is 2.38. The molecule has 0 heterocycles. The number of rotatable bonds is 8. The van der Waals surface area contributed by atoms with Gasteiger partial charge in [-0.15, -0.1) is 4.67 Å². The van der Waals surface area contributed by atoms with E-state index < -0.39 is 14.1 Å². The van der Waals surface area contributed by atoms with Crippen molar-refractivity contribution >= 4 is 23.7 Å². The van der Waals surface area contributed by atoms with E-state index in [1.807, 2.05) is 0 Å². The number of nitrogens with one attached hydrogen (secondary N) is 1. The van der Waals surface area contributed by atoms with Crippen molar-refractivity contribution in [3.05, 3.63) is 0 Å². The first kappa shape index (κ1) is 14.5. The molecule has 5 nitrogen and oxygen atoms in total. The summed E-state index contributed by atoms with van der Waals surface area (Å²) in [6, 6.07) is 0. The number of halogens is 2. The fraction of sp³-hybridized carbons (Fsp3) is 1.00. The van der Waals surface area contributed by atoms with Gasteiger partial charge in [0.1, 0.15) is 0 Å². The maximum Gasteiger partial charge on any atom is 0.432 e. The quantitative estimate of drug-likeness (QED) is 0.322. The molecule has 0 aromatic rings. The molecule has 1 N–H and O–H groups in total. The molecule has 0 aromatic carbocycles. The van der Waals surface area contributed by atoms with Crippen LogP contribution in [0.2, 0.25) is 0 Å². The van der Waals surface area contributed by atoms with Crippen molar-refractivity contribution in [2.45, 2.75) is 20.2 Å². The Balaban J connectivity index is 4.02. The third-order valence-electron chi connectivity index (χ3n) is 1.02. The summed E-state index contributed by atoms with van der Waals surface area (Å²) in [5.41, 5.74) is 0. The second-order valence-electron chi connectivity index (χ2n) is 2.16. The Morgan fingerprint density at radius 3 is 2.64 bits per heavy atom. The molecule has 0 saturated carbocycles. The molecule has 0 aliphatic carbocycles. The third-order valence-corrected chi connectivity index (χ3v) is 3.11. The molecule has 2 atom stereocenters. The van der Waals surface area contributed by atoms with Gasteiger partial charge >= 0.3 is 7.75 Å². The zero-order valence-corrected chi connectivity index (χ0v) is 10.5. The highest BCUT2D eigenvalue weighted by atomic mass is 79.9. The first-order valence-electron chi connectivity index (χ1n) is 4.12. The molecule has 0 radical (unpaired) electrons. The van der Waals surface area contributed by atoms with Gasteiger partial charge in [-0.05, 0) is 6.92 Å². The fourth-order valence-corrected chi connectivity index (χ4v) is 1.82. The Morgan fingerprint density at radius 1 is 1.57 bits per heavy atom. The molecule has 0 aliphatic heterocycles. The van der Waals surface area contributed by atoms with Crippen LogP contribution in [-0.4, -0.2) is 24.8 Å². The summed E-state index contributed by atoms with van der Waals surface area (Å²) in [7, 11) is -3.52. The van der Waals surface area contributed by atoms with E-state index in [-0.39, 0.29) is 11.9 Å². The SMILES string of the molecule is CCNP(=O)(OCC)OOC(F)CBr. The lowest BCUT2D eigenvalue weighted by Crippen LogP contribution is -2.17. The van der Waals surface area contributed by atoms with Crippen LogP contribution in [0, 0.1) is 0 Å². The summed E-state index contributed by atoms with van der Waals surface area (Å²) < 4.78 is 33.3. The molecule has 0 rings (SSSR count). The third kappa shape index (κ3) is 6.06. The Labute approximate surface area is 90.9 Å². The van der Waals surface area contributed by atoms with Gasteiger partial charge in [0.25, 0.3) is 0 Å². The first-order valence-corrected chi connectivity index (χ1v) is 6.79. The second-order valence-corrected chi connectivity index (χ2v) is 4.53. The predicted molar refractivity (Wildman–Crippen MR) is 53.8 cm³/mol. The Morgan fingerprint density at radius 2 is 2.21 bits per heavy atom. The van der Waals surface area contributed by atoms with Crippen LogP contribution < -0.4 is 5.09 Å². The molecule has 14 heavy (non-hydrogen) atoms. The molecular weight excluding hydrogens is 280 g/mol. The van der Waals surface area contributed by atoms with E-state index in [0.29, 0.717) is 6.54 Å². The summed E-state index contributed by atoms with van der Waals surface area (Å²) in [6.45, 7) is 3.90. The Hall–Kier alpha value is 0.480. The van der Waals surface area contributed by atoms with Crippen LogP contribution in [0.15, 0.2) is 0 Å². The maximum absolute atomic E-state index is 12.5. The van der Waals surface area contributed by atoms with E-state index >= 15 is 0 Å². The van der Waals surface area contributed by atoms with Gasteiger partial charge in [0, 0.05) is 6.54 Å². The minimum Gasteiger partial charge on any atom is -0.296 e. The second kappa shape index (κ2) is 7.73. The average molecular weight is 294 g/mol. The van der Waals surface area contributed by atoms with Gasteiger partial charge in [-0.25, -0.2) is 14.0 Å². The van der Waals surface area contributed by atoms with Crippen molar-refractivity contribution in [1.82, 2.24) is 5.09 Å². The molecule has 86 valence electrons. The smallest absolute Gasteiger partial charge is 0.296 e. The van der Waals surface area contributed by atoms with Crippen LogP contribution in [0.3, 0.4) is 0 Å². The van der Waals surface area contributed by atoms with Crippen molar-refractivity contribution in [2.24, 2.45) is 0 Å². The van der Waals surface area contributed by atoms with Gasteiger partial charge in [0.05, 0.1) is 11.9 Å². The minimum absolute atomic E-state index is 0.0642. The van der Waals surface area contributed by atoms with Crippen LogP contribution in [0.1, 0.15) is 13.8 Å². The summed E-state index contributed by atoms with van der Waals surface area (Å²) in [5.74, 6) is 0. The van der Waals surface area contributed by atoms with Crippen molar-refractivity contribution in [1.29, 1.82) is 0 Å². The Kier molecular flexibility index (Phi) is 8.00. The zero-order valence-electron chi connectivity index (χ0n) is 8.03. The number of hydrogen-bond donors (Lipinski definition) is 1. The highest BCUT2D eigenvalue weighted by Gasteiger charge is 2.26. The number of alkyl halides is 2. The van der Waals surface area contributed by atoms with E-state index in [0.717, 1.165) is 0 Å². The number of hydrogen-bond acceptors (Lipinski definition) is 4. The summed E-state index contributed by atoms with van der Waals surface area (Å²) in [6.07, 6.45) is -1.68. The van der Waals surface area contributed by atoms with Crippen LogP contribution in [0.4, 0.5) is 4.39 Å². The van der Waals surface area contributed by atoms with E-state index in [4.69, 9.17) is 4.52 Å². The molecule has 0 aliphatic rings. The molecule has 0 spiro atoms. The molecule has 0 fully saturated rings. The van der Waals surface area contributed by atoms with Gasteiger partial charge in [0.15, 0.2) is 0 Å². The van der Waals surface area contributed by atoms with E-state index in [1.165, 1.54) is 0 Å². The minimum atomic E-state index is -3.52. The maximum atomic E-state index is 12.5.